The van der Waals surface area contributed by atoms with E-state index in [4.69, 9.17) is 5.11 Å². The molecule has 0 aliphatic heterocycles. The van der Waals surface area contributed by atoms with Crippen LogP contribution in [0.15, 0.2) is 18.7 Å². The van der Waals surface area contributed by atoms with Gasteiger partial charge in [-0.25, -0.2) is 4.98 Å². The standard InChI is InChI=1S/C10H14N4O4/c15-8(1-3-14-4-2-11-7-14)12-5-9(16)13-6-10(17)18/h2,4,7H,1,3,5-6H2,(H,12,15)(H,13,16)(H,17,18). The number of aromatic nitrogens is 2. The summed E-state index contributed by atoms with van der Waals surface area (Å²) < 4.78 is 1.74. The maximum Gasteiger partial charge on any atom is 0.322 e. The Morgan fingerprint density at radius 2 is 1.89 bits per heavy atom. The van der Waals surface area contributed by atoms with Gasteiger partial charge in [0.05, 0.1) is 12.9 Å². The molecule has 1 aromatic rings. The molecule has 18 heavy (non-hydrogen) atoms. The third kappa shape index (κ3) is 5.64. The second kappa shape index (κ2) is 7.05. The summed E-state index contributed by atoms with van der Waals surface area (Å²) in [7, 11) is 0. The van der Waals surface area contributed by atoms with Crippen molar-refractivity contribution in [1.82, 2.24) is 20.2 Å². The normalized spacial score (nSPS) is 9.78. The zero-order valence-electron chi connectivity index (χ0n) is 9.63. The summed E-state index contributed by atoms with van der Waals surface area (Å²) in [4.78, 5) is 36.4. The third-order valence-electron chi connectivity index (χ3n) is 2.04. The quantitative estimate of drug-likeness (QED) is 0.553. The number of rotatable bonds is 7. The van der Waals surface area contributed by atoms with Gasteiger partial charge in [0, 0.05) is 25.4 Å². The van der Waals surface area contributed by atoms with Crippen molar-refractivity contribution in [1.29, 1.82) is 0 Å². The van der Waals surface area contributed by atoms with Gasteiger partial charge in [-0.05, 0) is 0 Å². The van der Waals surface area contributed by atoms with Gasteiger partial charge in [-0.15, -0.1) is 0 Å². The van der Waals surface area contributed by atoms with Crippen LogP contribution >= 0.6 is 0 Å². The van der Waals surface area contributed by atoms with Crippen molar-refractivity contribution in [2.75, 3.05) is 13.1 Å². The van der Waals surface area contributed by atoms with Gasteiger partial charge in [0.25, 0.3) is 0 Å². The summed E-state index contributed by atoms with van der Waals surface area (Å²) in [5.74, 6) is -1.95. The van der Waals surface area contributed by atoms with Crippen molar-refractivity contribution in [3.8, 4) is 0 Å². The summed E-state index contributed by atoms with van der Waals surface area (Å²) in [6.45, 7) is -0.206. The zero-order valence-corrected chi connectivity index (χ0v) is 9.63. The molecule has 0 saturated heterocycles. The highest BCUT2D eigenvalue weighted by Crippen LogP contribution is 1.90. The topological polar surface area (TPSA) is 113 Å². The molecule has 8 nitrogen and oxygen atoms in total. The number of carbonyl (C=O) groups excluding carboxylic acids is 2. The third-order valence-corrected chi connectivity index (χ3v) is 2.04. The van der Waals surface area contributed by atoms with Crippen LogP contribution in [0.25, 0.3) is 0 Å². The molecular weight excluding hydrogens is 240 g/mol. The Kier molecular flexibility index (Phi) is 5.36. The molecular formula is C10H14N4O4. The summed E-state index contributed by atoms with van der Waals surface area (Å²) in [5.41, 5.74) is 0. The van der Waals surface area contributed by atoms with Crippen molar-refractivity contribution < 1.29 is 19.5 Å². The van der Waals surface area contributed by atoms with Gasteiger partial charge in [0.1, 0.15) is 6.54 Å². The maximum absolute atomic E-state index is 11.3. The molecule has 0 saturated carbocycles. The second-order valence-corrected chi connectivity index (χ2v) is 3.50. The van der Waals surface area contributed by atoms with Crippen LogP contribution in [0.3, 0.4) is 0 Å². The average Bonchev–Trinajstić information content (AvgIpc) is 2.84. The van der Waals surface area contributed by atoms with Crippen molar-refractivity contribution in [2.45, 2.75) is 13.0 Å². The molecule has 0 aromatic carbocycles. The minimum Gasteiger partial charge on any atom is -0.480 e. The highest BCUT2D eigenvalue weighted by Gasteiger charge is 2.06. The zero-order chi connectivity index (χ0) is 13.4. The van der Waals surface area contributed by atoms with Gasteiger partial charge >= 0.3 is 5.97 Å². The number of hydrogen-bond donors (Lipinski definition) is 3. The van der Waals surface area contributed by atoms with E-state index in [-0.39, 0.29) is 18.9 Å². The number of aryl methyl sites for hydroxylation is 1. The fourth-order valence-electron chi connectivity index (χ4n) is 1.15. The van der Waals surface area contributed by atoms with Crippen LogP contribution in [0, 0.1) is 0 Å². The Labute approximate surface area is 103 Å². The molecule has 0 aliphatic rings. The predicted molar refractivity (Wildman–Crippen MR) is 60.5 cm³/mol. The molecule has 2 amide bonds. The van der Waals surface area contributed by atoms with Gasteiger partial charge in [0.15, 0.2) is 0 Å². The number of carboxylic acids is 1. The molecule has 1 heterocycles. The lowest BCUT2D eigenvalue weighted by molar-refractivity contribution is -0.137. The first-order chi connectivity index (χ1) is 8.58. The molecule has 0 aliphatic carbocycles. The Morgan fingerprint density at radius 1 is 1.17 bits per heavy atom. The lowest BCUT2D eigenvalue weighted by Gasteiger charge is -2.05. The van der Waals surface area contributed by atoms with Gasteiger partial charge in [0.2, 0.25) is 11.8 Å². The maximum atomic E-state index is 11.3. The van der Waals surface area contributed by atoms with Gasteiger partial charge < -0.3 is 20.3 Å². The lowest BCUT2D eigenvalue weighted by atomic mass is 10.4. The number of carbonyl (C=O) groups is 3. The van der Waals surface area contributed by atoms with E-state index < -0.39 is 18.4 Å². The summed E-state index contributed by atoms with van der Waals surface area (Å²) in [6.07, 6.45) is 5.15. The van der Waals surface area contributed by atoms with Crippen LogP contribution in [-0.4, -0.2) is 45.5 Å². The molecule has 0 fully saturated rings. The first-order valence-corrected chi connectivity index (χ1v) is 5.29. The van der Waals surface area contributed by atoms with E-state index in [1.165, 1.54) is 0 Å². The second-order valence-electron chi connectivity index (χ2n) is 3.50. The molecule has 98 valence electrons. The first kappa shape index (κ1) is 13.7. The molecule has 1 aromatic heterocycles. The van der Waals surface area contributed by atoms with Gasteiger partial charge in [-0.1, -0.05) is 0 Å². The smallest absolute Gasteiger partial charge is 0.322 e. The predicted octanol–water partition coefficient (Wildman–Crippen LogP) is -1.41. The van der Waals surface area contributed by atoms with Crippen molar-refractivity contribution in [3.05, 3.63) is 18.7 Å². The number of aliphatic carboxylic acids is 1. The highest BCUT2D eigenvalue weighted by atomic mass is 16.4. The molecule has 1 rings (SSSR count). The van der Waals surface area contributed by atoms with E-state index in [0.717, 1.165) is 0 Å². The van der Waals surface area contributed by atoms with Crippen molar-refractivity contribution in [2.24, 2.45) is 0 Å². The highest BCUT2D eigenvalue weighted by molar-refractivity contribution is 5.86. The molecule has 0 bridgehead atoms. The number of amides is 2. The fourth-order valence-corrected chi connectivity index (χ4v) is 1.15. The largest absolute Gasteiger partial charge is 0.480 e. The minimum absolute atomic E-state index is 0.225. The first-order valence-electron chi connectivity index (χ1n) is 5.29. The number of imidazole rings is 1. The van der Waals surface area contributed by atoms with Crippen LogP contribution in [0.5, 0.6) is 0 Å². The summed E-state index contributed by atoms with van der Waals surface area (Å²) >= 11 is 0. The molecule has 0 radical (unpaired) electrons. The Bertz CT molecular complexity index is 416. The molecule has 0 unspecified atom stereocenters. The number of carboxylic acid groups (broad SMARTS) is 1. The minimum atomic E-state index is -1.13. The van der Waals surface area contributed by atoms with E-state index in [9.17, 15) is 14.4 Å². The molecule has 0 atom stereocenters. The van der Waals surface area contributed by atoms with Gasteiger partial charge in [-0.3, -0.25) is 14.4 Å². The number of nitrogens with zero attached hydrogens (tertiary/aromatic N) is 2. The van der Waals surface area contributed by atoms with Crippen LogP contribution in [-0.2, 0) is 20.9 Å². The molecule has 0 spiro atoms. The Morgan fingerprint density at radius 3 is 2.50 bits per heavy atom. The molecule has 8 heteroatoms. The van der Waals surface area contributed by atoms with Crippen LogP contribution in [0.4, 0.5) is 0 Å². The van der Waals surface area contributed by atoms with E-state index in [0.29, 0.717) is 6.54 Å². The number of nitrogens with one attached hydrogen (secondary N) is 2. The Hall–Kier alpha value is -2.38. The SMILES string of the molecule is O=C(O)CNC(=O)CNC(=O)CCn1ccnc1. The van der Waals surface area contributed by atoms with E-state index in [1.807, 2.05) is 0 Å². The van der Waals surface area contributed by atoms with Crippen LogP contribution in [0.1, 0.15) is 6.42 Å². The summed E-state index contributed by atoms with van der Waals surface area (Å²) in [5, 5.41) is 12.8. The van der Waals surface area contributed by atoms with E-state index >= 15 is 0 Å². The fraction of sp³-hybridized carbons (Fsp3) is 0.400. The van der Waals surface area contributed by atoms with Crippen LogP contribution in [0.2, 0.25) is 0 Å². The van der Waals surface area contributed by atoms with Crippen molar-refractivity contribution >= 4 is 17.8 Å². The van der Waals surface area contributed by atoms with E-state index in [2.05, 4.69) is 15.6 Å². The number of hydrogen-bond acceptors (Lipinski definition) is 4. The van der Waals surface area contributed by atoms with E-state index in [1.54, 1.807) is 23.3 Å². The average molecular weight is 254 g/mol. The summed E-state index contributed by atoms with van der Waals surface area (Å²) in [6, 6.07) is 0. The molecule has 3 N–H and O–H groups in total. The van der Waals surface area contributed by atoms with Crippen molar-refractivity contribution in [3.63, 3.8) is 0 Å². The Balaban J connectivity index is 2.13. The lowest BCUT2D eigenvalue weighted by Crippen LogP contribution is -2.39. The van der Waals surface area contributed by atoms with Gasteiger partial charge in [-0.2, -0.15) is 0 Å². The monoisotopic (exact) mass is 254 g/mol. The van der Waals surface area contributed by atoms with Crippen LogP contribution < -0.4 is 10.6 Å².